The Labute approximate surface area is 79.5 Å². The van der Waals surface area contributed by atoms with Gasteiger partial charge in [0.15, 0.2) is 0 Å². The molecule has 2 heterocycles. The Kier molecular flexibility index (Phi) is 1.92. The van der Waals surface area contributed by atoms with E-state index in [2.05, 4.69) is 10.4 Å². The number of aromatic nitrogens is 2. The highest BCUT2D eigenvalue weighted by Gasteiger charge is 2.29. The van der Waals surface area contributed by atoms with Crippen molar-refractivity contribution >= 4 is 5.97 Å². The molecule has 0 saturated heterocycles. The van der Waals surface area contributed by atoms with Crippen molar-refractivity contribution in [1.29, 1.82) is 0 Å². The third-order valence-corrected chi connectivity index (χ3v) is 2.47. The van der Waals surface area contributed by atoms with Crippen molar-refractivity contribution in [2.75, 3.05) is 6.54 Å². The number of rotatable bonds is 1. The fourth-order valence-electron chi connectivity index (χ4n) is 1.73. The van der Waals surface area contributed by atoms with Gasteiger partial charge in [-0.2, -0.15) is 0 Å². The summed E-state index contributed by atoms with van der Waals surface area (Å²) in [6, 6.07) is 0. The monoisotopic (exact) mass is 197 g/mol. The highest BCUT2D eigenvalue weighted by molar-refractivity contribution is 5.76. The van der Waals surface area contributed by atoms with Gasteiger partial charge in [0, 0.05) is 20.1 Å². The summed E-state index contributed by atoms with van der Waals surface area (Å²) in [6.45, 7) is 0.803. The first-order valence-corrected chi connectivity index (χ1v) is 4.32. The van der Waals surface area contributed by atoms with Crippen molar-refractivity contribution in [3.8, 4) is 0 Å². The maximum absolute atomic E-state index is 11.5. The summed E-state index contributed by atoms with van der Waals surface area (Å²) in [5.41, 5.74) is 0.911. The Morgan fingerprint density at radius 3 is 3.00 bits per heavy atom. The molecule has 1 aliphatic rings. The molecule has 76 valence electrons. The average molecular weight is 197 g/mol. The second-order valence-corrected chi connectivity index (χ2v) is 3.39. The van der Waals surface area contributed by atoms with E-state index in [1.54, 1.807) is 7.05 Å². The summed E-state index contributed by atoms with van der Waals surface area (Å²) in [5, 5.41) is 14.6. The summed E-state index contributed by atoms with van der Waals surface area (Å²) in [4.78, 5) is 22.3. The van der Waals surface area contributed by atoms with E-state index in [1.807, 2.05) is 0 Å². The highest BCUT2D eigenvalue weighted by Crippen LogP contribution is 2.19. The predicted molar refractivity (Wildman–Crippen MR) is 48.1 cm³/mol. The van der Waals surface area contributed by atoms with Gasteiger partial charge in [0.2, 0.25) is 0 Å². The molecule has 14 heavy (non-hydrogen) atoms. The molecule has 6 heteroatoms. The molecule has 1 aliphatic heterocycles. The zero-order valence-corrected chi connectivity index (χ0v) is 7.70. The minimum absolute atomic E-state index is 0.154. The van der Waals surface area contributed by atoms with Gasteiger partial charge in [-0.15, -0.1) is 0 Å². The molecule has 0 aliphatic carbocycles. The minimum atomic E-state index is -0.916. The number of aromatic amines is 1. The molecule has 1 unspecified atom stereocenters. The van der Waals surface area contributed by atoms with Crippen LogP contribution in [0.5, 0.6) is 0 Å². The van der Waals surface area contributed by atoms with Gasteiger partial charge in [0.05, 0.1) is 11.3 Å². The van der Waals surface area contributed by atoms with Crippen LogP contribution >= 0.6 is 0 Å². The SMILES string of the molecule is Cn1[nH]c2c(c1=O)CNCC2C(=O)O. The molecule has 1 atom stereocenters. The lowest BCUT2D eigenvalue weighted by Gasteiger charge is -2.18. The Bertz CT molecular complexity index is 432. The first kappa shape index (κ1) is 9.01. The van der Waals surface area contributed by atoms with E-state index in [0.717, 1.165) is 0 Å². The number of aliphatic carboxylic acids is 1. The van der Waals surface area contributed by atoms with E-state index < -0.39 is 11.9 Å². The van der Waals surface area contributed by atoms with Gasteiger partial charge in [-0.05, 0) is 0 Å². The Hall–Kier alpha value is -1.56. The second-order valence-electron chi connectivity index (χ2n) is 3.39. The van der Waals surface area contributed by atoms with Crippen molar-refractivity contribution in [2.45, 2.75) is 12.5 Å². The van der Waals surface area contributed by atoms with Crippen LogP contribution in [0.4, 0.5) is 0 Å². The first-order valence-electron chi connectivity index (χ1n) is 4.32. The van der Waals surface area contributed by atoms with Crippen LogP contribution < -0.4 is 10.9 Å². The third-order valence-electron chi connectivity index (χ3n) is 2.47. The Morgan fingerprint density at radius 2 is 2.36 bits per heavy atom. The number of nitrogens with one attached hydrogen (secondary N) is 2. The standard InChI is InChI=1S/C8H11N3O3/c1-11-7(12)4-2-9-3-5(8(13)14)6(4)10-11/h5,9-10H,2-3H2,1H3,(H,13,14). The molecular weight excluding hydrogens is 186 g/mol. The summed E-state index contributed by atoms with van der Waals surface area (Å²) >= 11 is 0. The number of hydrogen-bond acceptors (Lipinski definition) is 3. The number of nitrogens with zero attached hydrogens (tertiary/aromatic N) is 1. The fraction of sp³-hybridized carbons (Fsp3) is 0.500. The van der Waals surface area contributed by atoms with Crippen LogP contribution in [0.1, 0.15) is 17.2 Å². The summed E-state index contributed by atoms with van der Waals surface area (Å²) < 4.78 is 1.31. The number of hydrogen-bond donors (Lipinski definition) is 3. The van der Waals surface area contributed by atoms with Crippen molar-refractivity contribution in [3.63, 3.8) is 0 Å². The van der Waals surface area contributed by atoms with Crippen LogP contribution in [-0.2, 0) is 18.4 Å². The Balaban J connectivity index is 2.55. The molecule has 0 spiro atoms. The van der Waals surface area contributed by atoms with Crippen molar-refractivity contribution < 1.29 is 9.90 Å². The lowest BCUT2D eigenvalue weighted by atomic mass is 9.98. The fourth-order valence-corrected chi connectivity index (χ4v) is 1.73. The Morgan fingerprint density at radius 1 is 1.64 bits per heavy atom. The van der Waals surface area contributed by atoms with E-state index >= 15 is 0 Å². The van der Waals surface area contributed by atoms with Gasteiger partial charge >= 0.3 is 5.97 Å². The molecule has 2 rings (SSSR count). The van der Waals surface area contributed by atoms with Crippen molar-refractivity contribution in [2.24, 2.45) is 7.05 Å². The molecule has 0 fully saturated rings. The predicted octanol–water partition coefficient (Wildman–Crippen LogP) is -1.02. The number of H-pyrrole nitrogens is 1. The van der Waals surface area contributed by atoms with E-state index in [9.17, 15) is 9.59 Å². The number of carboxylic acids is 1. The number of carboxylic acid groups (broad SMARTS) is 1. The van der Waals surface area contributed by atoms with E-state index in [-0.39, 0.29) is 5.56 Å². The van der Waals surface area contributed by atoms with Gasteiger partial charge in [-0.25, -0.2) is 0 Å². The van der Waals surface area contributed by atoms with Crippen molar-refractivity contribution in [3.05, 3.63) is 21.6 Å². The van der Waals surface area contributed by atoms with Gasteiger partial charge in [0.1, 0.15) is 5.92 Å². The van der Waals surface area contributed by atoms with Gasteiger partial charge < -0.3 is 10.4 Å². The number of carbonyl (C=O) groups is 1. The van der Waals surface area contributed by atoms with E-state index in [0.29, 0.717) is 24.3 Å². The van der Waals surface area contributed by atoms with Crippen LogP contribution in [0.2, 0.25) is 0 Å². The zero-order valence-electron chi connectivity index (χ0n) is 7.70. The molecule has 0 amide bonds. The van der Waals surface area contributed by atoms with E-state index in [1.165, 1.54) is 4.68 Å². The van der Waals surface area contributed by atoms with Crippen LogP contribution in [0.25, 0.3) is 0 Å². The number of aryl methyl sites for hydroxylation is 1. The van der Waals surface area contributed by atoms with Crippen molar-refractivity contribution in [1.82, 2.24) is 15.1 Å². The largest absolute Gasteiger partial charge is 0.481 e. The molecule has 1 aromatic heterocycles. The third kappa shape index (κ3) is 1.15. The topological polar surface area (TPSA) is 87.1 Å². The zero-order chi connectivity index (χ0) is 10.3. The van der Waals surface area contributed by atoms with Gasteiger partial charge in [-0.1, -0.05) is 0 Å². The molecule has 3 N–H and O–H groups in total. The normalized spacial score (nSPS) is 20.5. The summed E-state index contributed by atoms with van der Waals surface area (Å²) in [6.07, 6.45) is 0. The lowest BCUT2D eigenvalue weighted by Crippen LogP contribution is -2.34. The van der Waals surface area contributed by atoms with Gasteiger partial charge in [-0.3, -0.25) is 19.4 Å². The quantitative estimate of drug-likeness (QED) is 0.538. The first-order chi connectivity index (χ1) is 6.61. The molecule has 0 bridgehead atoms. The average Bonchev–Trinajstić information content (AvgIpc) is 2.43. The molecule has 6 nitrogen and oxygen atoms in total. The summed E-state index contributed by atoms with van der Waals surface area (Å²) in [7, 11) is 1.58. The van der Waals surface area contributed by atoms with Crippen LogP contribution in [0.15, 0.2) is 4.79 Å². The lowest BCUT2D eigenvalue weighted by molar-refractivity contribution is -0.138. The second kappa shape index (κ2) is 2.98. The van der Waals surface area contributed by atoms with Crippen LogP contribution in [0.3, 0.4) is 0 Å². The minimum Gasteiger partial charge on any atom is -0.481 e. The molecule has 0 radical (unpaired) electrons. The van der Waals surface area contributed by atoms with Crippen LogP contribution in [-0.4, -0.2) is 27.4 Å². The van der Waals surface area contributed by atoms with E-state index in [4.69, 9.17) is 5.11 Å². The maximum Gasteiger partial charge on any atom is 0.313 e. The molecular formula is C8H11N3O3. The molecule has 0 aromatic carbocycles. The maximum atomic E-state index is 11.5. The molecule has 0 saturated carbocycles. The summed E-state index contributed by atoms with van der Waals surface area (Å²) in [5.74, 6) is -1.56. The van der Waals surface area contributed by atoms with Crippen LogP contribution in [0, 0.1) is 0 Å². The molecule has 1 aromatic rings. The smallest absolute Gasteiger partial charge is 0.313 e. The number of fused-ring (bicyclic) bond motifs is 1. The van der Waals surface area contributed by atoms with Gasteiger partial charge in [0.25, 0.3) is 5.56 Å². The highest BCUT2D eigenvalue weighted by atomic mass is 16.4.